The molecule has 0 radical (unpaired) electrons. The Morgan fingerprint density at radius 1 is 0.885 bits per heavy atom. The van der Waals surface area contributed by atoms with Crippen LogP contribution in [0.4, 0.5) is 0 Å². The van der Waals surface area contributed by atoms with Gasteiger partial charge in [0.1, 0.15) is 0 Å². The SMILES string of the molecule is COC(=O)C(C(=O)OC)[C@@H](CC(=O)c1ccccc1)c1ccccc1Br. The van der Waals surface area contributed by atoms with E-state index < -0.39 is 23.8 Å². The molecule has 136 valence electrons. The number of carbonyl (C=O) groups is 3. The van der Waals surface area contributed by atoms with Gasteiger partial charge in [-0.3, -0.25) is 14.4 Å². The summed E-state index contributed by atoms with van der Waals surface area (Å²) in [5.41, 5.74) is 1.18. The van der Waals surface area contributed by atoms with E-state index in [1.54, 1.807) is 42.5 Å². The fraction of sp³-hybridized carbons (Fsp3) is 0.250. The molecule has 0 aliphatic carbocycles. The summed E-state index contributed by atoms with van der Waals surface area (Å²) in [6.07, 6.45) is -0.0402. The number of ether oxygens (including phenoxy) is 2. The number of benzene rings is 2. The predicted octanol–water partition coefficient (Wildman–Crippen LogP) is 3.77. The Kier molecular flexibility index (Phi) is 7.09. The van der Waals surface area contributed by atoms with Crippen LogP contribution in [0, 0.1) is 5.92 Å². The van der Waals surface area contributed by atoms with Crippen molar-refractivity contribution in [1.82, 2.24) is 0 Å². The molecule has 5 nitrogen and oxygen atoms in total. The maximum absolute atomic E-state index is 12.7. The first-order chi connectivity index (χ1) is 12.5. The molecule has 0 unspecified atom stereocenters. The molecule has 2 aromatic rings. The molecule has 1 atom stereocenters. The molecule has 2 rings (SSSR count). The third kappa shape index (κ3) is 4.58. The molecule has 2 aromatic carbocycles. The van der Waals surface area contributed by atoms with Crippen LogP contribution < -0.4 is 0 Å². The van der Waals surface area contributed by atoms with Crippen molar-refractivity contribution in [3.05, 3.63) is 70.2 Å². The summed E-state index contributed by atoms with van der Waals surface area (Å²) >= 11 is 3.44. The summed E-state index contributed by atoms with van der Waals surface area (Å²) in [5.74, 6) is -3.62. The molecule has 0 amide bonds. The maximum atomic E-state index is 12.7. The number of esters is 2. The highest BCUT2D eigenvalue weighted by atomic mass is 79.9. The van der Waals surface area contributed by atoms with Crippen LogP contribution in [0.25, 0.3) is 0 Å². The predicted molar refractivity (Wildman–Crippen MR) is 99.8 cm³/mol. The van der Waals surface area contributed by atoms with Gasteiger partial charge < -0.3 is 9.47 Å². The van der Waals surface area contributed by atoms with Gasteiger partial charge in [-0.15, -0.1) is 0 Å². The fourth-order valence-corrected chi connectivity index (χ4v) is 3.38. The molecule has 0 N–H and O–H groups in total. The van der Waals surface area contributed by atoms with Gasteiger partial charge in [0.25, 0.3) is 0 Å². The minimum atomic E-state index is -1.24. The fourth-order valence-electron chi connectivity index (χ4n) is 2.80. The number of methoxy groups -OCH3 is 2. The van der Waals surface area contributed by atoms with E-state index in [9.17, 15) is 14.4 Å². The lowest BCUT2D eigenvalue weighted by Crippen LogP contribution is -2.33. The van der Waals surface area contributed by atoms with Crippen molar-refractivity contribution in [1.29, 1.82) is 0 Å². The van der Waals surface area contributed by atoms with Crippen molar-refractivity contribution in [2.24, 2.45) is 5.92 Å². The minimum Gasteiger partial charge on any atom is -0.468 e. The monoisotopic (exact) mass is 418 g/mol. The molecule has 0 spiro atoms. The first-order valence-electron chi connectivity index (χ1n) is 7.98. The van der Waals surface area contributed by atoms with Gasteiger partial charge in [-0.1, -0.05) is 64.5 Å². The molecular formula is C20H19BrO5. The van der Waals surface area contributed by atoms with Gasteiger partial charge in [-0.05, 0) is 11.6 Å². The Bertz CT molecular complexity index is 772. The van der Waals surface area contributed by atoms with Gasteiger partial charge in [0.15, 0.2) is 11.7 Å². The summed E-state index contributed by atoms with van der Waals surface area (Å²) in [6, 6.07) is 15.9. The quantitative estimate of drug-likeness (QED) is 0.388. The second-order valence-electron chi connectivity index (χ2n) is 5.65. The average molecular weight is 419 g/mol. The van der Waals surface area contributed by atoms with E-state index in [0.29, 0.717) is 15.6 Å². The number of carbonyl (C=O) groups excluding carboxylic acids is 3. The smallest absolute Gasteiger partial charge is 0.320 e. The highest BCUT2D eigenvalue weighted by Crippen LogP contribution is 2.35. The van der Waals surface area contributed by atoms with Crippen molar-refractivity contribution in [2.75, 3.05) is 14.2 Å². The second kappa shape index (κ2) is 9.29. The van der Waals surface area contributed by atoms with E-state index in [-0.39, 0.29) is 12.2 Å². The van der Waals surface area contributed by atoms with E-state index in [2.05, 4.69) is 15.9 Å². The second-order valence-corrected chi connectivity index (χ2v) is 6.50. The zero-order chi connectivity index (χ0) is 19.1. The van der Waals surface area contributed by atoms with Crippen LogP contribution in [-0.4, -0.2) is 31.9 Å². The highest BCUT2D eigenvalue weighted by Gasteiger charge is 2.39. The summed E-state index contributed by atoms with van der Waals surface area (Å²) in [4.78, 5) is 37.4. The largest absolute Gasteiger partial charge is 0.468 e. The lowest BCUT2D eigenvalue weighted by atomic mass is 9.81. The van der Waals surface area contributed by atoms with E-state index in [1.165, 1.54) is 14.2 Å². The summed E-state index contributed by atoms with van der Waals surface area (Å²) in [7, 11) is 2.41. The van der Waals surface area contributed by atoms with Crippen LogP contribution in [0.3, 0.4) is 0 Å². The minimum absolute atomic E-state index is 0.0402. The molecule has 0 aliphatic heterocycles. The molecule has 6 heteroatoms. The Hall–Kier alpha value is -2.47. The Morgan fingerprint density at radius 2 is 1.42 bits per heavy atom. The van der Waals surface area contributed by atoms with Crippen LogP contribution in [0.1, 0.15) is 28.3 Å². The van der Waals surface area contributed by atoms with Crippen molar-refractivity contribution in [3.8, 4) is 0 Å². The standard InChI is InChI=1S/C20H19BrO5/c1-25-19(23)18(20(24)26-2)15(14-10-6-7-11-16(14)21)12-17(22)13-8-4-3-5-9-13/h3-11,15,18H,12H2,1-2H3/t15-/m0/s1. The van der Waals surface area contributed by atoms with Gasteiger partial charge in [0.05, 0.1) is 14.2 Å². The lowest BCUT2D eigenvalue weighted by molar-refractivity contribution is -0.159. The van der Waals surface area contributed by atoms with Crippen LogP contribution in [0.2, 0.25) is 0 Å². The first kappa shape index (κ1) is 19.8. The van der Waals surface area contributed by atoms with Crippen molar-refractivity contribution < 1.29 is 23.9 Å². The van der Waals surface area contributed by atoms with Crippen LogP contribution in [-0.2, 0) is 19.1 Å². The van der Waals surface area contributed by atoms with E-state index >= 15 is 0 Å². The third-order valence-electron chi connectivity index (χ3n) is 4.12. The molecule has 0 aliphatic rings. The van der Waals surface area contributed by atoms with Gasteiger partial charge in [0, 0.05) is 22.4 Å². The van der Waals surface area contributed by atoms with Gasteiger partial charge in [0.2, 0.25) is 0 Å². The lowest BCUT2D eigenvalue weighted by Gasteiger charge is -2.24. The van der Waals surface area contributed by atoms with Crippen LogP contribution in [0.5, 0.6) is 0 Å². The van der Waals surface area contributed by atoms with Crippen molar-refractivity contribution in [2.45, 2.75) is 12.3 Å². The summed E-state index contributed by atoms with van der Waals surface area (Å²) in [6.45, 7) is 0. The normalized spacial score (nSPS) is 11.7. The summed E-state index contributed by atoms with van der Waals surface area (Å²) < 4.78 is 10.3. The van der Waals surface area contributed by atoms with Crippen LogP contribution in [0.15, 0.2) is 59.1 Å². The Morgan fingerprint density at radius 3 is 1.96 bits per heavy atom. The molecule has 0 bridgehead atoms. The average Bonchev–Trinajstić information content (AvgIpc) is 2.68. The van der Waals surface area contributed by atoms with Gasteiger partial charge in [-0.2, -0.15) is 0 Å². The molecule has 0 saturated heterocycles. The van der Waals surface area contributed by atoms with Crippen molar-refractivity contribution in [3.63, 3.8) is 0 Å². The van der Waals surface area contributed by atoms with Crippen molar-refractivity contribution >= 4 is 33.7 Å². The first-order valence-corrected chi connectivity index (χ1v) is 8.77. The third-order valence-corrected chi connectivity index (χ3v) is 4.84. The highest BCUT2D eigenvalue weighted by molar-refractivity contribution is 9.10. The zero-order valence-electron chi connectivity index (χ0n) is 14.5. The molecule has 26 heavy (non-hydrogen) atoms. The number of hydrogen-bond acceptors (Lipinski definition) is 5. The van der Waals surface area contributed by atoms with E-state index in [0.717, 1.165) is 0 Å². The van der Waals surface area contributed by atoms with Crippen LogP contribution >= 0.6 is 15.9 Å². The number of halogens is 1. The number of rotatable bonds is 7. The molecular weight excluding hydrogens is 400 g/mol. The van der Waals surface area contributed by atoms with E-state index in [1.807, 2.05) is 12.1 Å². The number of Topliss-reactive ketones (excluding diaryl/α,β-unsaturated/α-hetero) is 1. The Labute approximate surface area is 160 Å². The van der Waals surface area contributed by atoms with Gasteiger partial charge in [-0.25, -0.2) is 0 Å². The molecule has 0 fully saturated rings. The maximum Gasteiger partial charge on any atom is 0.320 e. The molecule has 0 saturated carbocycles. The van der Waals surface area contributed by atoms with Gasteiger partial charge >= 0.3 is 11.9 Å². The number of hydrogen-bond donors (Lipinski definition) is 0. The summed E-state index contributed by atoms with van der Waals surface area (Å²) in [5, 5.41) is 0. The molecule has 0 heterocycles. The molecule has 0 aromatic heterocycles. The van der Waals surface area contributed by atoms with E-state index in [4.69, 9.17) is 9.47 Å². The Balaban J connectivity index is 2.47. The zero-order valence-corrected chi connectivity index (χ0v) is 16.1. The topological polar surface area (TPSA) is 69.7 Å². The number of ketones is 1.